The van der Waals surface area contributed by atoms with Gasteiger partial charge in [-0.1, -0.05) is 6.07 Å². The fourth-order valence-electron chi connectivity index (χ4n) is 2.38. The Kier molecular flexibility index (Phi) is 3.30. The molecule has 3 rings (SSSR count). The second kappa shape index (κ2) is 4.82. The summed E-state index contributed by atoms with van der Waals surface area (Å²) in [7, 11) is -0.415. The second-order valence-electron chi connectivity index (χ2n) is 6.63. The van der Waals surface area contributed by atoms with E-state index in [9.17, 15) is 4.79 Å². The fourth-order valence-corrected chi connectivity index (χ4v) is 2.38. The van der Waals surface area contributed by atoms with Crippen molar-refractivity contribution in [2.75, 3.05) is 5.32 Å². The molecule has 22 heavy (non-hydrogen) atoms. The summed E-state index contributed by atoms with van der Waals surface area (Å²) >= 11 is 0. The third-order valence-corrected chi connectivity index (χ3v) is 4.33. The number of carbonyl (C=O) groups is 1. The van der Waals surface area contributed by atoms with Gasteiger partial charge >= 0.3 is 7.12 Å². The van der Waals surface area contributed by atoms with Crippen molar-refractivity contribution in [1.29, 1.82) is 0 Å². The number of hydrogen-bond donors (Lipinski definition) is 2. The number of nitrogens with one attached hydrogen (secondary N) is 2. The SMILES string of the molecule is CC(=O)Nc1nc2ccc(B3OC(C)(C)C(C)(C)O3)cc2[nH]1. The Morgan fingerprint density at radius 2 is 1.86 bits per heavy atom. The predicted octanol–water partition coefficient (Wildman–Crippen LogP) is 1.82. The molecule has 116 valence electrons. The van der Waals surface area contributed by atoms with Gasteiger partial charge in [0.2, 0.25) is 11.9 Å². The van der Waals surface area contributed by atoms with E-state index in [1.807, 2.05) is 45.9 Å². The van der Waals surface area contributed by atoms with Crippen LogP contribution in [0.2, 0.25) is 0 Å². The molecule has 0 aliphatic carbocycles. The monoisotopic (exact) mass is 301 g/mol. The zero-order valence-electron chi connectivity index (χ0n) is 13.5. The highest BCUT2D eigenvalue weighted by Gasteiger charge is 2.51. The van der Waals surface area contributed by atoms with Crippen LogP contribution in [-0.4, -0.2) is 34.2 Å². The number of H-pyrrole nitrogens is 1. The maximum atomic E-state index is 11.1. The van der Waals surface area contributed by atoms with Gasteiger partial charge in [-0.05, 0) is 45.3 Å². The molecule has 1 aliphatic heterocycles. The van der Waals surface area contributed by atoms with Crippen LogP contribution in [0.5, 0.6) is 0 Å². The van der Waals surface area contributed by atoms with Crippen LogP contribution in [0.3, 0.4) is 0 Å². The molecule has 0 spiro atoms. The van der Waals surface area contributed by atoms with Gasteiger partial charge in [-0.25, -0.2) is 4.98 Å². The second-order valence-corrected chi connectivity index (χ2v) is 6.63. The number of rotatable bonds is 2. The number of anilines is 1. The third-order valence-electron chi connectivity index (χ3n) is 4.33. The van der Waals surface area contributed by atoms with Crippen LogP contribution >= 0.6 is 0 Å². The maximum absolute atomic E-state index is 11.1. The molecule has 1 aromatic carbocycles. The number of aromatic amines is 1. The van der Waals surface area contributed by atoms with Gasteiger partial charge in [0, 0.05) is 6.92 Å². The van der Waals surface area contributed by atoms with Crippen LogP contribution in [-0.2, 0) is 14.1 Å². The van der Waals surface area contributed by atoms with Gasteiger partial charge in [-0.15, -0.1) is 0 Å². The Labute approximate surface area is 129 Å². The van der Waals surface area contributed by atoms with Crippen LogP contribution in [0.15, 0.2) is 18.2 Å². The summed E-state index contributed by atoms with van der Waals surface area (Å²) in [5, 5.41) is 2.64. The van der Waals surface area contributed by atoms with E-state index in [2.05, 4.69) is 15.3 Å². The van der Waals surface area contributed by atoms with Gasteiger partial charge < -0.3 is 14.3 Å². The van der Waals surface area contributed by atoms with Gasteiger partial charge in [0.15, 0.2) is 0 Å². The molecule has 7 heteroatoms. The molecule has 1 saturated heterocycles. The lowest BCUT2D eigenvalue weighted by molar-refractivity contribution is -0.114. The van der Waals surface area contributed by atoms with Crippen LogP contribution in [0, 0.1) is 0 Å². The summed E-state index contributed by atoms with van der Waals surface area (Å²) in [5.41, 5.74) is 1.79. The molecule has 1 amide bonds. The molecule has 1 aromatic heterocycles. The number of aromatic nitrogens is 2. The van der Waals surface area contributed by atoms with E-state index in [-0.39, 0.29) is 17.1 Å². The molecule has 1 fully saturated rings. The third kappa shape index (κ3) is 2.50. The number of nitrogens with zero attached hydrogens (tertiary/aromatic N) is 1. The highest BCUT2D eigenvalue weighted by molar-refractivity contribution is 6.62. The number of amides is 1. The Balaban J connectivity index is 1.91. The predicted molar refractivity (Wildman–Crippen MR) is 86.1 cm³/mol. The maximum Gasteiger partial charge on any atom is 0.494 e. The highest BCUT2D eigenvalue weighted by atomic mass is 16.7. The summed E-state index contributed by atoms with van der Waals surface area (Å²) in [5.74, 6) is 0.277. The van der Waals surface area contributed by atoms with Gasteiger partial charge in [0.05, 0.1) is 22.2 Å². The molecule has 0 atom stereocenters. The minimum Gasteiger partial charge on any atom is -0.399 e. The van der Waals surface area contributed by atoms with Crippen molar-refractivity contribution in [3.8, 4) is 0 Å². The smallest absolute Gasteiger partial charge is 0.399 e. The number of benzene rings is 1. The molecule has 6 nitrogen and oxygen atoms in total. The first kappa shape index (κ1) is 15.1. The molecule has 1 aliphatic rings. The first-order valence-electron chi connectivity index (χ1n) is 7.31. The van der Waals surface area contributed by atoms with Crippen molar-refractivity contribution in [1.82, 2.24) is 9.97 Å². The molecule has 0 unspecified atom stereocenters. The topological polar surface area (TPSA) is 76.2 Å². The van der Waals surface area contributed by atoms with E-state index in [0.29, 0.717) is 5.95 Å². The van der Waals surface area contributed by atoms with Crippen molar-refractivity contribution in [2.24, 2.45) is 0 Å². The van der Waals surface area contributed by atoms with E-state index >= 15 is 0 Å². The van der Waals surface area contributed by atoms with Crippen LogP contribution in [0.25, 0.3) is 11.0 Å². The standard InChI is InChI=1S/C15H20BN3O3/c1-9(20)17-13-18-11-7-6-10(8-12(11)19-13)16-21-14(2,3)15(4,5)22-16/h6-8H,1-5H3,(H2,17,18,19,20). The Bertz CT molecular complexity index is 723. The number of imidazole rings is 1. The quantitative estimate of drug-likeness (QED) is 0.830. The summed E-state index contributed by atoms with van der Waals surface area (Å²) in [6.45, 7) is 9.55. The molecule has 0 bridgehead atoms. The first-order chi connectivity index (χ1) is 10.2. The lowest BCUT2D eigenvalue weighted by atomic mass is 9.79. The molecule has 0 radical (unpaired) electrons. The lowest BCUT2D eigenvalue weighted by Gasteiger charge is -2.32. The highest BCUT2D eigenvalue weighted by Crippen LogP contribution is 2.36. The van der Waals surface area contributed by atoms with Crippen molar-refractivity contribution < 1.29 is 14.1 Å². The summed E-state index contributed by atoms with van der Waals surface area (Å²) in [6.07, 6.45) is 0. The normalized spacial score (nSPS) is 19.6. The van der Waals surface area contributed by atoms with Crippen molar-refractivity contribution in [3.63, 3.8) is 0 Å². The average Bonchev–Trinajstić information content (AvgIpc) is 2.85. The van der Waals surface area contributed by atoms with E-state index in [0.717, 1.165) is 16.5 Å². The van der Waals surface area contributed by atoms with E-state index < -0.39 is 7.12 Å². The number of fused-ring (bicyclic) bond motifs is 1. The van der Waals surface area contributed by atoms with Crippen molar-refractivity contribution in [2.45, 2.75) is 45.8 Å². The van der Waals surface area contributed by atoms with E-state index in [1.54, 1.807) is 0 Å². The fraction of sp³-hybridized carbons (Fsp3) is 0.467. The number of carbonyl (C=O) groups excluding carboxylic acids is 1. The Hall–Kier alpha value is -1.86. The van der Waals surface area contributed by atoms with Crippen LogP contribution in [0.1, 0.15) is 34.6 Å². The van der Waals surface area contributed by atoms with E-state index in [4.69, 9.17) is 9.31 Å². The lowest BCUT2D eigenvalue weighted by Crippen LogP contribution is -2.41. The molecule has 2 heterocycles. The van der Waals surface area contributed by atoms with Crippen LogP contribution in [0.4, 0.5) is 5.95 Å². The molecule has 2 N–H and O–H groups in total. The van der Waals surface area contributed by atoms with Gasteiger partial charge in [0.1, 0.15) is 0 Å². The van der Waals surface area contributed by atoms with Crippen molar-refractivity contribution in [3.05, 3.63) is 18.2 Å². The van der Waals surface area contributed by atoms with Gasteiger partial charge in [0.25, 0.3) is 0 Å². The summed E-state index contributed by atoms with van der Waals surface area (Å²) in [4.78, 5) is 18.5. The van der Waals surface area contributed by atoms with Gasteiger partial charge in [-0.2, -0.15) is 0 Å². The van der Waals surface area contributed by atoms with E-state index in [1.165, 1.54) is 6.92 Å². The zero-order valence-corrected chi connectivity index (χ0v) is 13.5. The molecular weight excluding hydrogens is 281 g/mol. The Morgan fingerprint density at radius 1 is 1.23 bits per heavy atom. The summed E-state index contributed by atoms with van der Waals surface area (Å²) < 4.78 is 12.1. The zero-order chi connectivity index (χ0) is 16.1. The Morgan fingerprint density at radius 3 is 2.45 bits per heavy atom. The average molecular weight is 301 g/mol. The minimum atomic E-state index is -0.415. The molecule has 2 aromatic rings. The van der Waals surface area contributed by atoms with Gasteiger partial charge in [-0.3, -0.25) is 10.1 Å². The van der Waals surface area contributed by atoms with Crippen molar-refractivity contribution >= 4 is 35.5 Å². The molecule has 0 saturated carbocycles. The van der Waals surface area contributed by atoms with Crippen LogP contribution < -0.4 is 10.8 Å². The largest absolute Gasteiger partial charge is 0.494 e. The molecular formula is C15H20BN3O3. The minimum absolute atomic E-state index is 0.162. The first-order valence-corrected chi connectivity index (χ1v) is 7.31. The number of hydrogen-bond acceptors (Lipinski definition) is 4. The summed E-state index contributed by atoms with van der Waals surface area (Å²) in [6, 6.07) is 5.76.